The van der Waals surface area contributed by atoms with Crippen molar-refractivity contribution < 1.29 is 14.4 Å². The molecule has 0 amide bonds. The first-order chi connectivity index (χ1) is 10.8. The van der Waals surface area contributed by atoms with Crippen molar-refractivity contribution in [2.75, 3.05) is 0 Å². The SMILES string of the molecule is C[Si](C)(C)C1CCC(C2C(=O)C(=O)c3ccccc3C2=O)CC1. The van der Waals surface area contributed by atoms with Gasteiger partial charge in [0, 0.05) is 19.2 Å². The van der Waals surface area contributed by atoms with Crippen LogP contribution in [0.2, 0.25) is 25.2 Å². The van der Waals surface area contributed by atoms with Gasteiger partial charge in [-0.3, -0.25) is 14.4 Å². The van der Waals surface area contributed by atoms with Gasteiger partial charge in [0.2, 0.25) is 11.6 Å². The highest BCUT2D eigenvalue weighted by atomic mass is 28.3. The van der Waals surface area contributed by atoms with Gasteiger partial charge in [-0.15, -0.1) is 0 Å². The summed E-state index contributed by atoms with van der Waals surface area (Å²) in [5.41, 5.74) is 1.49. The molecular formula is C19H24O3Si. The van der Waals surface area contributed by atoms with Crippen molar-refractivity contribution in [1.29, 1.82) is 0 Å². The summed E-state index contributed by atoms with van der Waals surface area (Å²) in [6, 6.07) is 6.74. The minimum atomic E-state index is -1.18. The summed E-state index contributed by atoms with van der Waals surface area (Å²) >= 11 is 0. The molecule has 0 N–H and O–H groups in total. The quantitative estimate of drug-likeness (QED) is 0.465. The molecule has 1 aromatic rings. The lowest BCUT2D eigenvalue weighted by atomic mass is 9.70. The number of Topliss-reactive ketones (excluding diaryl/α,β-unsaturated/α-hetero) is 3. The summed E-state index contributed by atoms with van der Waals surface area (Å²) in [5.74, 6) is -1.79. The van der Waals surface area contributed by atoms with Crippen LogP contribution in [0.1, 0.15) is 46.4 Å². The fourth-order valence-corrected chi connectivity index (χ4v) is 6.27. The largest absolute Gasteiger partial charge is 0.293 e. The molecule has 0 aromatic heterocycles. The van der Waals surface area contributed by atoms with E-state index in [1.54, 1.807) is 24.3 Å². The van der Waals surface area contributed by atoms with Crippen molar-refractivity contribution >= 4 is 25.4 Å². The summed E-state index contributed by atoms with van der Waals surface area (Å²) < 4.78 is 0. The molecule has 4 heteroatoms. The van der Waals surface area contributed by atoms with Crippen LogP contribution in [0, 0.1) is 11.8 Å². The van der Waals surface area contributed by atoms with Crippen LogP contribution in [-0.4, -0.2) is 25.4 Å². The van der Waals surface area contributed by atoms with Crippen molar-refractivity contribution in [3.63, 3.8) is 0 Å². The van der Waals surface area contributed by atoms with Crippen LogP contribution in [0.3, 0.4) is 0 Å². The van der Waals surface area contributed by atoms with Gasteiger partial charge in [-0.1, -0.05) is 56.7 Å². The van der Waals surface area contributed by atoms with Crippen LogP contribution in [0.25, 0.3) is 0 Å². The minimum absolute atomic E-state index is 0.0416. The Kier molecular flexibility index (Phi) is 4.13. The van der Waals surface area contributed by atoms with Crippen LogP contribution in [0.4, 0.5) is 0 Å². The molecule has 0 aliphatic heterocycles. The van der Waals surface area contributed by atoms with Crippen LogP contribution < -0.4 is 0 Å². The normalized spacial score (nSPS) is 28.7. The van der Waals surface area contributed by atoms with E-state index in [1.807, 2.05) is 0 Å². The van der Waals surface area contributed by atoms with Gasteiger partial charge in [0.15, 0.2) is 5.78 Å². The van der Waals surface area contributed by atoms with E-state index in [0.717, 1.165) is 31.2 Å². The zero-order valence-electron chi connectivity index (χ0n) is 14.1. The van der Waals surface area contributed by atoms with Gasteiger partial charge in [0.05, 0.1) is 5.92 Å². The van der Waals surface area contributed by atoms with Crippen molar-refractivity contribution in [3.05, 3.63) is 35.4 Å². The molecule has 2 aliphatic rings. The fourth-order valence-electron chi connectivity index (χ4n) is 4.20. The standard InChI is InChI=1S/C19H24O3Si/c1-23(2,3)13-10-8-12(9-11-13)16-17(20)14-6-4-5-7-15(14)18(21)19(16)22/h4-7,12-13,16H,8-11H2,1-3H3. The van der Waals surface area contributed by atoms with Gasteiger partial charge in [-0.2, -0.15) is 0 Å². The molecule has 2 aliphatic carbocycles. The topological polar surface area (TPSA) is 51.2 Å². The number of benzene rings is 1. The fraction of sp³-hybridized carbons (Fsp3) is 0.526. The van der Waals surface area contributed by atoms with E-state index in [9.17, 15) is 14.4 Å². The third kappa shape index (κ3) is 2.85. The highest BCUT2D eigenvalue weighted by molar-refractivity contribution is 6.77. The lowest BCUT2D eigenvalue weighted by Gasteiger charge is -2.38. The monoisotopic (exact) mass is 328 g/mol. The van der Waals surface area contributed by atoms with Gasteiger partial charge in [-0.05, 0) is 24.3 Å². The van der Waals surface area contributed by atoms with E-state index >= 15 is 0 Å². The van der Waals surface area contributed by atoms with E-state index in [4.69, 9.17) is 0 Å². The number of ketones is 3. The Morgan fingerprint density at radius 2 is 1.39 bits per heavy atom. The van der Waals surface area contributed by atoms with E-state index in [0.29, 0.717) is 5.56 Å². The first kappa shape index (κ1) is 16.3. The smallest absolute Gasteiger partial charge is 0.230 e. The average molecular weight is 328 g/mol. The Balaban J connectivity index is 1.83. The van der Waals surface area contributed by atoms with E-state index in [-0.39, 0.29) is 17.3 Å². The first-order valence-corrected chi connectivity index (χ1v) is 12.1. The van der Waals surface area contributed by atoms with E-state index in [1.165, 1.54) is 0 Å². The Morgan fingerprint density at radius 3 is 1.96 bits per heavy atom. The summed E-state index contributed by atoms with van der Waals surface area (Å²) in [4.78, 5) is 37.6. The maximum Gasteiger partial charge on any atom is 0.230 e. The van der Waals surface area contributed by atoms with Gasteiger partial charge >= 0.3 is 0 Å². The lowest BCUT2D eigenvalue weighted by molar-refractivity contribution is -0.119. The predicted molar refractivity (Wildman–Crippen MR) is 92.7 cm³/mol. The van der Waals surface area contributed by atoms with Crippen LogP contribution >= 0.6 is 0 Å². The molecule has 1 saturated carbocycles. The number of carbonyl (C=O) groups excluding carboxylic acids is 3. The Morgan fingerprint density at radius 1 is 0.826 bits per heavy atom. The van der Waals surface area contributed by atoms with Crippen molar-refractivity contribution in [1.82, 2.24) is 0 Å². The summed E-state index contributed by atoms with van der Waals surface area (Å²) in [5, 5.41) is 0. The molecule has 3 rings (SSSR count). The maximum atomic E-state index is 12.8. The summed E-state index contributed by atoms with van der Waals surface area (Å²) in [6.07, 6.45) is 3.97. The average Bonchev–Trinajstić information content (AvgIpc) is 2.53. The summed E-state index contributed by atoms with van der Waals surface area (Å²) in [6.45, 7) is 7.15. The third-order valence-corrected chi connectivity index (χ3v) is 8.72. The van der Waals surface area contributed by atoms with Gasteiger partial charge in [-0.25, -0.2) is 0 Å². The van der Waals surface area contributed by atoms with Gasteiger partial charge in [0.1, 0.15) is 0 Å². The van der Waals surface area contributed by atoms with Crippen LogP contribution in [0.15, 0.2) is 24.3 Å². The zero-order chi connectivity index (χ0) is 16.8. The molecule has 1 atom stereocenters. The highest BCUT2D eigenvalue weighted by Crippen LogP contribution is 2.43. The predicted octanol–water partition coefficient (Wildman–Crippen LogP) is 4.15. The van der Waals surface area contributed by atoms with Crippen molar-refractivity contribution in [2.45, 2.75) is 50.9 Å². The second-order valence-corrected chi connectivity index (χ2v) is 13.6. The molecule has 0 spiro atoms. The molecule has 1 fully saturated rings. The van der Waals surface area contributed by atoms with Crippen molar-refractivity contribution in [3.8, 4) is 0 Å². The van der Waals surface area contributed by atoms with Gasteiger partial charge < -0.3 is 0 Å². The molecule has 1 aromatic carbocycles. The molecule has 3 nitrogen and oxygen atoms in total. The molecule has 1 unspecified atom stereocenters. The molecule has 0 radical (unpaired) electrons. The number of hydrogen-bond donors (Lipinski definition) is 0. The third-order valence-electron chi connectivity index (χ3n) is 5.69. The van der Waals surface area contributed by atoms with E-state index < -0.39 is 25.6 Å². The second-order valence-electron chi connectivity index (χ2n) is 8.06. The molecule has 0 saturated heterocycles. The lowest BCUT2D eigenvalue weighted by Crippen LogP contribution is -2.43. The zero-order valence-corrected chi connectivity index (χ0v) is 15.1. The molecule has 23 heavy (non-hydrogen) atoms. The number of fused-ring (bicyclic) bond motifs is 1. The number of carbonyl (C=O) groups is 3. The Bertz CT molecular complexity index is 663. The van der Waals surface area contributed by atoms with Crippen LogP contribution in [-0.2, 0) is 4.79 Å². The second kappa shape index (κ2) is 5.82. The van der Waals surface area contributed by atoms with Crippen molar-refractivity contribution in [2.24, 2.45) is 11.8 Å². The minimum Gasteiger partial charge on any atom is -0.293 e. The molecule has 0 bridgehead atoms. The Labute approximate surface area is 138 Å². The summed E-state index contributed by atoms with van der Waals surface area (Å²) in [7, 11) is -1.18. The van der Waals surface area contributed by atoms with E-state index in [2.05, 4.69) is 19.6 Å². The number of rotatable bonds is 2. The molecular weight excluding hydrogens is 304 g/mol. The highest BCUT2D eigenvalue weighted by Gasteiger charge is 2.45. The molecule has 122 valence electrons. The van der Waals surface area contributed by atoms with Crippen LogP contribution in [0.5, 0.6) is 0 Å². The number of hydrogen-bond acceptors (Lipinski definition) is 3. The first-order valence-electron chi connectivity index (χ1n) is 8.52. The maximum absolute atomic E-state index is 12.8. The molecule has 0 heterocycles. The Hall–Kier alpha value is -1.55. The van der Waals surface area contributed by atoms with Gasteiger partial charge in [0.25, 0.3) is 0 Å².